The van der Waals surface area contributed by atoms with Crippen LogP contribution >= 0.6 is 0 Å². The molecule has 3 nitrogen and oxygen atoms in total. The van der Waals surface area contributed by atoms with Crippen molar-refractivity contribution in [1.29, 1.82) is 0 Å². The first-order valence-corrected chi connectivity index (χ1v) is 7.64. The third kappa shape index (κ3) is 2.88. The molecule has 0 spiro atoms. The van der Waals surface area contributed by atoms with Crippen molar-refractivity contribution in [3.8, 4) is 0 Å². The number of imidazole rings is 1. The number of aromatic nitrogens is 2. The van der Waals surface area contributed by atoms with Gasteiger partial charge in [-0.05, 0) is 36.2 Å². The maximum absolute atomic E-state index is 13.1. The molecule has 1 unspecified atom stereocenters. The summed E-state index contributed by atoms with van der Waals surface area (Å²) in [4.78, 5) is 4.71. The minimum absolute atomic E-state index is 0.0853. The van der Waals surface area contributed by atoms with Crippen LogP contribution in [-0.4, -0.2) is 9.55 Å². The summed E-state index contributed by atoms with van der Waals surface area (Å²) in [6.07, 6.45) is 1.91. The van der Waals surface area contributed by atoms with E-state index in [9.17, 15) is 4.39 Å². The van der Waals surface area contributed by atoms with Gasteiger partial charge in [0.05, 0.1) is 17.1 Å². The highest BCUT2D eigenvalue weighted by Gasteiger charge is 2.16. The summed E-state index contributed by atoms with van der Waals surface area (Å²) >= 11 is 0. The number of hydrogen-bond donors (Lipinski definition) is 1. The highest BCUT2D eigenvalue weighted by Crippen LogP contribution is 2.23. The van der Waals surface area contributed by atoms with Crippen LogP contribution in [0.2, 0.25) is 0 Å². The van der Waals surface area contributed by atoms with Gasteiger partial charge >= 0.3 is 0 Å². The molecular weight excluding hydrogens is 277 g/mol. The van der Waals surface area contributed by atoms with Gasteiger partial charge in [0.25, 0.3) is 0 Å². The van der Waals surface area contributed by atoms with Gasteiger partial charge < -0.3 is 10.3 Å². The van der Waals surface area contributed by atoms with Crippen LogP contribution in [0.4, 0.5) is 4.39 Å². The van der Waals surface area contributed by atoms with Gasteiger partial charge in [-0.3, -0.25) is 0 Å². The summed E-state index contributed by atoms with van der Waals surface area (Å²) in [5.74, 6) is 0.675. The SMILES string of the molecule is CCCC(N)c1nc2ccccc2n1Cc1ccc(F)cc1. The average molecular weight is 297 g/mol. The lowest BCUT2D eigenvalue weighted by Gasteiger charge is -2.14. The molecule has 3 rings (SSSR count). The molecule has 0 aliphatic carbocycles. The van der Waals surface area contributed by atoms with Crippen LogP contribution in [0.15, 0.2) is 48.5 Å². The van der Waals surface area contributed by atoms with Crippen LogP contribution in [0.5, 0.6) is 0 Å². The van der Waals surface area contributed by atoms with E-state index in [0.29, 0.717) is 6.54 Å². The summed E-state index contributed by atoms with van der Waals surface area (Å²) < 4.78 is 15.2. The molecule has 114 valence electrons. The molecule has 1 atom stereocenters. The second-order valence-corrected chi connectivity index (χ2v) is 5.57. The Kier molecular flexibility index (Phi) is 4.20. The molecule has 0 aliphatic heterocycles. The van der Waals surface area contributed by atoms with Gasteiger partial charge in [0.15, 0.2) is 0 Å². The molecule has 0 aliphatic rings. The number of benzene rings is 2. The van der Waals surface area contributed by atoms with Crippen molar-refractivity contribution in [3.63, 3.8) is 0 Å². The Bertz CT molecular complexity index is 762. The largest absolute Gasteiger partial charge is 0.322 e. The maximum Gasteiger partial charge on any atom is 0.127 e. The summed E-state index contributed by atoms with van der Waals surface area (Å²) in [6.45, 7) is 2.76. The molecule has 0 saturated carbocycles. The van der Waals surface area contributed by atoms with Crippen LogP contribution in [0.25, 0.3) is 11.0 Å². The number of nitrogens with two attached hydrogens (primary N) is 1. The topological polar surface area (TPSA) is 43.8 Å². The summed E-state index contributed by atoms with van der Waals surface area (Å²) in [5, 5.41) is 0. The lowest BCUT2D eigenvalue weighted by Crippen LogP contribution is -2.17. The van der Waals surface area contributed by atoms with Gasteiger partial charge in [-0.25, -0.2) is 9.37 Å². The predicted molar refractivity (Wildman–Crippen MR) is 87.1 cm³/mol. The van der Waals surface area contributed by atoms with Crippen molar-refractivity contribution in [3.05, 3.63) is 65.7 Å². The van der Waals surface area contributed by atoms with Crippen molar-refractivity contribution < 1.29 is 4.39 Å². The third-order valence-electron chi connectivity index (χ3n) is 3.87. The van der Waals surface area contributed by atoms with Crippen LogP contribution in [-0.2, 0) is 6.54 Å². The van der Waals surface area contributed by atoms with Crippen molar-refractivity contribution >= 4 is 11.0 Å². The number of para-hydroxylation sites is 2. The van der Waals surface area contributed by atoms with Gasteiger partial charge in [0, 0.05) is 6.54 Å². The number of hydrogen-bond acceptors (Lipinski definition) is 2. The molecule has 1 heterocycles. The lowest BCUT2D eigenvalue weighted by molar-refractivity contribution is 0.571. The predicted octanol–water partition coefficient (Wildman–Crippen LogP) is 4.02. The Morgan fingerprint density at radius 3 is 2.59 bits per heavy atom. The normalized spacial score (nSPS) is 12.7. The first kappa shape index (κ1) is 14.7. The van der Waals surface area contributed by atoms with E-state index < -0.39 is 0 Å². The van der Waals surface area contributed by atoms with Crippen molar-refractivity contribution in [2.75, 3.05) is 0 Å². The number of halogens is 1. The van der Waals surface area contributed by atoms with Gasteiger partial charge in [0.2, 0.25) is 0 Å². The molecule has 0 fully saturated rings. The number of fused-ring (bicyclic) bond motifs is 1. The summed E-state index contributed by atoms with van der Waals surface area (Å²) in [7, 11) is 0. The smallest absolute Gasteiger partial charge is 0.127 e. The van der Waals surface area contributed by atoms with Crippen LogP contribution in [0.3, 0.4) is 0 Å². The molecule has 0 radical (unpaired) electrons. The van der Waals surface area contributed by atoms with E-state index in [-0.39, 0.29) is 11.9 Å². The van der Waals surface area contributed by atoms with Gasteiger partial charge in [-0.2, -0.15) is 0 Å². The maximum atomic E-state index is 13.1. The van der Waals surface area contributed by atoms with E-state index in [1.165, 1.54) is 12.1 Å². The molecule has 3 aromatic rings. The zero-order chi connectivity index (χ0) is 15.5. The Hall–Kier alpha value is -2.20. The van der Waals surface area contributed by atoms with E-state index >= 15 is 0 Å². The van der Waals surface area contributed by atoms with Gasteiger partial charge in [-0.1, -0.05) is 37.6 Å². The Balaban J connectivity index is 2.05. The fraction of sp³-hybridized carbons (Fsp3) is 0.278. The fourth-order valence-electron chi connectivity index (χ4n) is 2.76. The number of nitrogens with zero attached hydrogens (tertiary/aromatic N) is 2. The van der Waals surface area contributed by atoms with Gasteiger partial charge in [-0.15, -0.1) is 0 Å². The zero-order valence-electron chi connectivity index (χ0n) is 12.7. The zero-order valence-corrected chi connectivity index (χ0v) is 12.7. The Morgan fingerprint density at radius 1 is 1.14 bits per heavy atom. The van der Waals surface area contributed by atoms with Crippen LogP contribution in [0, 0.1) is 5.82 Å². The highest BCUT2D eigenvalue weighted by atomic mass is 19.1. The summed E-state index contributed by atoms with van der Waals surface area (Å²) in [6, 6.07) is 14.5. The summed E-state index contributed by atoms with van der Waals surface area (Å²) in [5.41, 5.74) is 9.35. The van der Waals surface area contributed by atoms with E-state index in [0.717, 1.165) is 35.3 Å². The molecule has 1 aromatic heterocycles. The highest BCUT2D eigenvalue weighted by molar-refractivity contribution is 5.76. The van der Waals surface area contributed by atoms with Gasteiger partial charge in [0.1, 0.15) is 11.6 Å². The molecule has 2 aromatic carbocycles. The van der Waals surface area contributed by atoms with E-state index in [1.807, 2.05) is 24.3 Å². The molecule has 0 saturated heterocycles. The minimum atomic E-state index is -0.220. The Labute approximate surface area is 129 Å². The monoisotopic (exact) mass is 297 g/mol. The van der Waals surface area contributed by atoms with Crippen LogP contribution < -0.4 is 5.73 Å². The molecule has 2 N–H and O–H groups in total. The first-order valence-electron chi connectivity index (χ1n) is 7.64. The fourth-order valence-corrected chi connectivity index (χ4v) is 2.76. The molecular formula is C18H20FN3. The first-order chi connectivity index (χ1) is 10.7. The Morgan fingerprint density at radius 2 is 1.86 bits per heavy atom. The standard InChI is InChI=1S/C18H20FN3/c1-2-5-15(20)18-21-16-6-3-4-7-17(16)22(18)12-13-8-10-14(19)11-9-13/h3-4,6-11,15H,2,5,12,20H2,1H3. The second kappa shape index (κ2) is 6.28. The van der Waals surface area contributed by atoms with Crippen molar-refractivity contribution in [2.45, 2.75) is 32.4 Å². The lowest BCUT2D eigenvalue weighted by atomic mass is 10.1. The minimum Gasteiger partial charge on any atom is -0.322 e. The number of rotatable bonds is 5. The average Bonchev–Trinajstić information content (AvgIpc) is 2.89. The van der Waals surface area contributed by atoms with Crippen molar-refractivity contribution in [1.82, 2.24) is 9.55 Å². The third-order valence-corrected chi connectivity index (χ3v) is 3.87. The molecule has 0 amide bonds. The molecule has 4 heteroatoms. The second-order valence-electron chi connectivity index (χ2n) is 5.57. The molecule has 0 bridgehead atoms. The quantitative estimate of drug-likeness (QED) is 0.773. The van der Waals surface area contributed by atoms with E-state index in [2.05, 4.69) is 11.5 Å². The van der Waals surface area contributed by atoms with E-state index in [4.69, 9.17) is 10.7 Å². The molecule has 22 heavy (non-hydrogen) atoms. The van der Waals surface area contributed by atoms with E-state index in [1.54, 1.807) is 12.1 Å². The van der Waals surface area contributed by atoms with Crippen LogP contribution in [0.1, 0.15) is 37.2 Å². The van der Waals surface area contributed by atoms with Crippen molar-refractivity contribution in [2.24, 2.45) is 5.73 Å².